The molecule has 0 N–H and O–H groups in total. The van der Waals surface area contributed by atoms with Crippen LogP contribution in [0.3, 0.4) is 0 Å². The Hall–Kier alpha value is -2.39. The molecular weight excluding hydrogens is 276 g/mol. The highest BCUT2D eigenvalue weighted by atomic mass is 32.1. The monoisotopic (exact) mass is 290 g/mol. The summed E-state index contributed by atoms with van der Waals surface area (Å²) in [5, 5.41) is 1.28. The molecule has 0 bridgehead atoms. The molecule has 2 aromatic heterocycles. The molecule has 0 radical (unpaired) electrons. The lowest BCUT2D eigenvalue weighted by Gasteiger charge is -2.09. The molecule has 4 aromatic rings. The predicted octanol–water partition coefficient (Wildman–Crippen LogP) is 4.81. The minimum absolute atomic E-state index is 0.863. The highest BCUT2D eigenvalue weighted by Crippen LogP contribution is 2.29. The Balaban J connectivity index is 1.93. The van der Waals surface area contributed by atoms with Gasteiger partial charge in [-0.25, -0.2) is 0 Å². The summed E-state index contributed by atoms with van der Waals surface area (Å²) >= 11 is 1.70. The molecule has 0 aliphatic heterocycles. The Morgan fingerprint density at radius 2 is 1.76 bits per heavy atom. The molecule has 4 rings (SSSR count). The standard InChI is InChI=1S/C18H14N2S/c1-2-6-14(7-3-1)18-10-15-8-4-5-9-17(15)20(18)12-16-11-19-13-21-16/h1-11,13H,12H2. The molecule has 0 amide bonds. The molecular formula is C18H14N2S. The topological polar surface area (TPSA) is 17.8 Å². The molecule has 0 spiro atoms. The van der Waals surface area contributed by atoms with E-state index in [4.69, 9.17) is 0 Å². The lowest BCUT2D eigenvalue weighted by atomic mass is 10.1. The number of rotatable bonds is 3. The zero-order chi connectivity index (χ0) is 14.1. The molecule has 3 heteroatoms. The van der Waals surface area contributed by atoms with Crippen molar-refractivity contribution < 1.29 is 0 Å². The van der Waals surface area contributed by atoms with E-state index >= 15 is 0 Å². The summed E-state index contributed by atoms with van der Waals surface area (Å²) in [5.41, 5.74) is 5.66. The minimum Gasteiger partial charge on any atom is -0.335 e. The number of benzene rings is 2. The average molecular weight is 290 g/mol. The maximum absolute atomic E-state index is 4.19. The third-order valence-electron chi connectivity index (χ3n) is 3.68. The number of nitrogens with zero attached hydrogens (tertiary/aromatic N) is 2. The first-order valence-corrected chi connectivity index (χ1v) is 7.81. The fourth-order valence-electron chi connectivity index (χ4n) is 2.70. The summed E-state index contributed by atoms with van der Waals surface area (Å²) in [6, 6.07) is 21.4. The first-order valence-electron chi connectivity index (χ1n) is 6.93. The van der Waals surface area contributed by atoms with E-state index < -0.39 is 0 Å². The first kappa shape index (κ1) is 12.4. The smallest absolute Gasteiger partial charge is 0.0794 e. The molecule has 0 fully saturated rings. The minimum atomic E-state index is 0.863. The molecule has 0 atom stereocenters. The molecule has 102 valence electrons. The summed E-state index contributed by atoms with van der Waals surface area (Å²) in [6.07, 6.45) is 1.95. The van der Waals surface area contributed by atoms with Crippen LogP contribution in [0.2, 0.25) is 0 Å². The fraction of sp³-hybridized carbons (Fsp3) is 0.0556. The zero-order valence-electron chi connectivity index (χ0n) is 11.4. The number of fused-ring (bicyclic) bond motifs is 1. The van der Waals surface area contributed by atoms with Crippen LogP contribution in [0.15, 0.2) is 72.4 Å². The van der Waals surface area contributed by atoms with Gasteiger partial charge in [0.15, 0.2) is 0 Å². The average Bonchev–Trinajstić information content (AvgIpc) is 3.17. The van der Waals surface area contributed by atoms with Crippen molar-refractivity contribution >= 4 is 22.2 Å². The normalized spacial score (nSPS) is 11.0. The third kappa shape index (κ3) is 2.26. The molecule has 2 nitrogen and oxygen atoms in total. The van der Waals surface area contributed by atoms with Crippen molar-refractivity contribution in [2.75, 3.05) is 0 Å². The summed E-state index contributed by atoms with van der Waals surface area (Å²) in [4.78, 5) is 5.46. The Morgan fingerprint density at radius 1 is 0.952 bits per heavy atom. The highest BCUT2D eigenvalue weighted by Gasteiger charge is 2.11. The van der Waals surface area contributed by atoms with Crippen molar-refractivity contribution in [1.82, 2.24) is 9.55 Å². The first-order chi connectivity index (χ1) is 10.4. The van der Waals surface area contributed by atoms with Crippen molar-refractivity contribution in [1.29, 1.82) is 0 Å². The molecule has 0 aliphatic rings. The van der Waals surface area contributed by atoms with Crippen LogP contribution in [0.1, 0.15) is 4.88 Å². The van der Waals surface area contributed by atoms with Gasteiger partial charge in [0.2, 0.25) is 0 Å². The number of thiazole rings is 1. The predicted molar refractivity (Wildman–Crippen MR) is 88.6 cm³/mol. The van der Waals surface area contributed by atoms with Gasteiger partial charge < -0.3 is 4.57 Å². The lowest BCUT2D eigenvalue weighted by molar-refractivity contribution is 0.857. The molecule has 0 saturated heterocycles. The third-order valence-corrected chi connectivity index (χ3v) is 4.44. The van der Waals surface area contributed by atoms with Crippen LogP contribution in [0.4, 0.5) is 0 Å². The summed E-state index contributed by atoms with van der Waals surface area (Å²) in [7, 11) is 0. The summed E-state index contributed by atoms with van der Waals surface area (Å²) in [5.74, 6) is 0. The van der Waals surface area contributed by atoms with Gasteiger partial charge in [-0.1, -0.05) is 48.5 Å². The lowest BCUT2D eigenvalue weighted by Crippen LogP contribution is -1.99. The number of aromatic nitrogens is 2. The Morgan fingerprint density at radius 3 is 2.57 bits per heavy atom. The maximum atomic E-state index is 4.19. The van der Waals surface area contributed by atoms with Crippen molar-refractivity contribution in [3.05, 3.63) is 77.2 Å². The van der Waals surface area contributed by atoms with Gasteiger partial charge in [0.25, 0.3) is 0 Å². The second-order valence-electron chi connectivity index (χ2n) is 5.01. The van der Waals surface area contributed by atoms with Crippen LogP contribution in [0.25, 0.3) is 22.2 Å². The van der Waals surface area contributed by atoms with Gasteiger partial charge >= 0.3 is 0 Å². The van der Waals surface area contributed by atoms with Crippen molar-refractivity contribution in [3.8, 4) is 11.3 Å². The van der Waals surface area contributed by atoms with E-state index in [-0.39, 0.29) is 0 Å². The van der Waals surface area contributed by atoms with E-state index in [1.54, 1.807) is 11.3 Å². The van der Waals surface area contributed by atoms with Crippen LogP contribution in [0.5, 0.6) is 0 Å². The summed E-state index contributed by atoms with van der Waals surface area (Å²) in [6.45, 7) is 0.863. The second kappa shape index (κ2) is 5.19. The van der Waals surface area contributed by atoms with Crippen molar-refractivity contribution in [3.63, 3.8) is 0 Å². The van der Waals surface area contributed by atoms with Gasteiger partial charge in [0.1, 0.15) is 0 Å². The van der Waals surface area contributed by atoms with Gasteiger partial charge in [0, 0.05) is 27.7 Å². The van der Waals surface area contributed by atoms with Gasteiger partial charge in [0.05, 0.1) is 12.1 Å². The van der Waals surface area contributed by atoms with Gasteiger partial charge in [-0.05, 0) is 17.7 Å². The van der Waals surface area contributed by atoms with Crippen molar-refractivity contribution in [2.45, 2.75) is 6.54 Å². The van der Waals surface area contributed by atoms with Crippen molar-refractivity contribution in [2.24, 2.45) is 0 Å². The molecule has 2 aromatic carbocycles. The Kier molecular flexibility index (Phi) is 3.05. The van der Waals surface area contributed by atoms with E-state index in [1.807, 2.05) is 11.7 Å². The second-order valence-corrected chi connectivity index (χ2v) is 5.98. The van der Waals surface area contributed by atoms with Crippen LogP contribution >= 0.6 is 11.3 Å². The number of hydrogen-bond donors (Lipinski definition) is 0. The molecule has 0 aliphatic carbocycles. The largest absolute Gasteiger partial charge is 0.335 e. The van der Waals surface area contributed by atoms with Gasteiger partial charge in [-0.2, -0.15) is 0 Å². The fourth-order valence-corrected chi connectivity index (χ4v) is 3.29. The van der Waals surface area contributed by atoms with Crippen LogP contribution in [-0.4, -0.2) is 9.55 Å². The van der Waals surface area contributed by atoms with Crippen LogP contribution in [-0.2, 0) is 6.54 Å². The van der Waals surface area contributed by atoms with Gasteiger partial charge in [-0.15, -0.1) is 11.3 Å². The van der Waals surface area contributed by atoms with E-state index in [0.29, 0.717) is 0 Å². The molecule has 0 unspecified atom stereocenters. The van der Waals surface area contributed by atoms with Gasteiger partial charge in [-0.3, -0.25) is 4.98 Å². The Bertz CT molecular complexity index is 861. The van der Waals surface area contributed by atoms with Crippen LogP contribution in [0, 0.1) is 0 Å². The zero-order valence-corrected chi connectivity index (χ0v) is 12.3. The number of hydrogen-bond acceptors (Lipinski definition) is 2. The summed E-state index contributed by atoms with van der Waals surface area (Å²) < 4.78 is 2.37. The quantitative estimate of drug-likeness (QED) is 0.529. The Labute approximate surface area is 127 Å². The highest BCUT2D eigenvalue weighted by molar-refractivity contribution is 7.09. The molecule has 21 heavy (non-hydrogen) atoms. The van der Waals surface area contributed by atoms with E-state index in [9.17, 15) is 0 Å². The molecule has 0 saturated carbocycles. The van der Waals surface area contributed by atoms with E-state index in [1.165, 1.54) is 27.0 Å². The van der Waals surface area contributed by atoms with E-state index in [0.717, 1.165) is 6.54 Å². The maximum Gasteiger partial charge on any atom is 0.0794 e. The molecule has 2 heterocycles. The number of para-hydroxylation sites is 1. The SMILES string of the molecule is c1ccc(-c2cc3ccccc3n2Cc2cncs2)cc1. The van der Waals surface area contributed by atoms with Crippen LogP contribution < -0.4 is 0 Å². The van der Waals surface area contributed by atoms with E-state index in [2.05, 4.69) is 70.2 Å².